The van der Waals surface area contributed by atoms with E-state index in [0.29, 0.717) is 5.56 Å². The fourth-order valence-electron chi connectivity index (χ4n) is 2.40. The second-order valence-electron chi connectivity index (χ2n) is 5.73. The molecule has 0 spiro atoms. The van der Waals surface area contributed by atoms with Crippen molar-refractivity contribution in [3.63, 3.8) is 0 Å². The van der Waals surface area contributed by atoms with Crippen molar-refractivity contribution in [1.29, 1.82) is 0 Å². The fraction of sp³-hybridized carbons (Fsp3) is 0.200. The van der Waals surface area contributed by atoms with Gasteiger partial charge in [-0.3, -0.25) is 0 Å². The zero-order chi connectivity index (χ0) is 21.6. The predicted octanol–water partition coefficient (Wildman–Crippen LogP) is 4.92. The van der Waals surface area contributed by atoms with Gasteiger partial charge in [0.05, 0.1) is 11.8 Å². The highest BCUT2D eigenvalue weighted by Crippen LogP contribution is 2.24. The molecule has 2 aromatic carbocycles. The Kier molecular flexibility index (Phi) is 7.60. The smallest absolute Gasteiger partial charge is 0.371 e. The minimum Gasteiger partial charge on any atom is -0.377 e. The lowest BCUT2D eigenvalue weighted by atomic mass is 10.0. The zero-order valence-electron chi connectivity index (χ0n) is 15.4. The van der Waals surface area contributed by atoms with Crippen LogP contribution in [0.5, 0.6) is 0 Å². The topological polar surface area (TPSA) is 47.9 Å². The van der Waals surface area contributed by atoms with Gasteiger partial charge in [0, 0.05) is 13.5 Å². The summed E-state index contributed by atoms with van der Waals surface area (Å²) in [4.78, 5) is 16.5. The summed E-state index contributed by atoms with van der Waals surface area (Å²) in [6.07, 6.45) is 3.06. The summed E-state index contributed by atoms with van der Waals surface area (Å²) < 4.78 is 72.5. The summed E-state index contributed by atoms with van der Waals surface area (Å²) in [5.74, 6) is -13.3. The number of oxime groups is 1. The molecule has 1 unspecified atom stereocenters. The Morgan fingerprint density at radius 2 is 1.55 bits per heavy atom. The monoisotopic (exact) mass is 413 g/mol. The molecule has 4 nitrogen and oxygen atoms in total. The van der Waals surface area contributed by atoms with Crippen molar-refractivity contribution in [3.05, 3.63) is 82.7 Å². The molecule has 1 atom stereocenters. The van der Waals surface area contributed by atoms with Gasteiger partial charge in [-0.05, 0) is 12.5 Å². The van der Waals surface area contributed by atoms with Crippen molar-refractivity contribution >= 4 is 11.7 Å². The molecule has 9 heteroatoms. The van der Waals surface area contributed by atoms with E-state index in [2.05, 4.69) is 9.99 Å². The van der Waals surface area contributed by atoms with E-state index in [1.165, 1.54) is 7.11 Å². The molecule has 0 aliphatic carbocycles. The Bertz CT molecular complexity index is 916. The molecule has 154 valence electrons. The Morgan fingerprint density at radius 3 is 2.07 bits per heavy atom. The Balaban J connectivity index is 2.40. The number of carbonyl (C=O) groups is 1. The van der Waals surface area contributed by atoms with Crippen molar-refractivity contribution in [3.8, 4) is 0 Å². The summed E-state index contributed by atoms with van der Waals surface area (Å²) in [5.41, 5.74) is -1.06. The SMILES string of the molecule is C/C=C\C(C/C(=N\OC(=O)c1c(F)c(F)c(F)c(F)c1F)c1ccccc1)OC. The minimum atomic E-state index is -2.38. The summed E-state index contributed by atoms with van der Waals surface area (Å²) in [6.45, 7) is 1.76. The van der Waals surface area contributed by atoms with E-state index in [-0.39, 0.29) is 12.1 Å². The summed E-state index contributed by atoms with van der Waals surface area (Å²) in [5, 5.41) is 3.59. The van der Waals surface area contributed by atoms with Gasteiger partial charge in [0.1, 0.15) is 5.56 Å². The number of halogens is 5. The first-order chi connectivity index (χ1) is 13.8. The van der Waals surface area contributed by atoms with Crippen LogP contribution in [0.4, 0.5) is 22.0 Å². The maximum Gasteiger partial charge on any atom is 0.371 e. The highest BCUT2D eigenvalue weighted by Gasteiger charge is 2.31. The van der Waals surface area contributed by atoms with Crippen molar-refractivity contribution in [2.24, 2.45) is 5.16 Å². The first kappa shape index (κ1) is 22.2. The molecule has 0 bridgehead atoms. The van der Waals surface area contributed by atoms with E-state index < -0.39 is 46.7 Å². The number of ether oxygens (including phenoxy) is 1. The summed E-state index contributed by atoms with van der Waals surface area (Å²) >= 11 is 0. The van der Waals surface area contributed by atoms with Crippen molar-refractivity contribution < 1.29 is 36.3 Å². The largest absolute Gasteiger partial charge is 0.377 e. The second kappa shape index (κ2) is 9.92. The van der Waals surface area contributed by atoms with E-state index in [9.17, 15) is 26.7 Å². The highest BCUT2D eigenvalue weighted by molar-refractivity contribution is 6.01. The van der Waals surface area contributed by atoms with Crippen molar-refractivity contribution in [2.75, 3.05) is 7.11 Å². The van der Waals surface area contributed by atoms with Crippen LogP contribution < -0.4 is 0 Å². The van der Waals surface area contributed by atoms with Gasteiger partial charge in [-0.25, -0.2) is 26.7 Å². The number of rotatable bonds is 7. The lowest BCUT2D eigenvalue weighted by Gasteiger charge is -2.13. The molecule has 0 saturated heterocycles. The molecule has 2 aromatic rings. The van der Waals surface area contributed by atoms with Crippen LogP contribution >= 0.6 is 0 Å². The van der Waals surface area contributed by atoms with Crippen LogP contribution in [-0.4, -0.2) is 24.9 Å². The normalized spacial score (nSPS) is 13.0. The minimum absolute atomic E-state index is 0.106. The van der Waals surface area contributed by atoms with Crippen LogP contribution in [0.1, 0.15) is 29.3 Å². The second-order valence-corrected chi connectivity index (χ2v) is 5.73. The average Bonchev–Trinajstić information content (AvgIpc) is 2.73. The van der Waals surface area contributed by atoms with E-state index >= 15 is 0 Å². The lowest BCUT2D eigenvalue weighted by Crippen LogP contribution is -2.17. The Labute approximate surface area is 163 Å². The molecule has 0 radical (unpaired) electrons. The van der Waals surface area contributed by atoms with Gasteiger partial charge >= 0.3 is 5.97 Å². The molecule has 0 aromatic heterocycles. The van der Waals surface area contributed by atoms with Crippen LogP contribution in [0.3, 0.4) is 0 Å². The highest BCUT2D eigenvalue weighted by atomic mass is 19.2. The molecule has 0 aliphatic rings. The molecule has 0 fully saturated rings. The van der Waals surface area contributed by atoms with E-state index in [1.54, 1.807) is 49.4 Å². The standard InChI is InChI=1S/C20H16F5NO3/c1-3-7-12(28-2)10-13(11-8-5-4-6-9-11)26-29-20(27)14-15(21)17(23)19(25)18(24)16(14)22/h3-9,12H,10H2,1-2H3/b7-3-,26-13+. The van der Waals surface area contributed by atoms with Crippen LogP contribution in [0, 0.1) is 29.1 Å². The lowest BCUT2D eigenvalue weighted by molar-refractivity contribution is 0.0498. The zero-order valence-corrected chi connectivity index (χ0v) is 15.4. The van der Waals surface area contributed by atoms with E-state index in [4.69, 9.17) is 4.74 Å². The molecule has 0 heterocycles. The van der Waals surface area contributed by atoms with Gasteiger partial charge in [-0.2, -0.15) is 0 Å². The van der Waals surface area contributed by atoms with Crippen molar-refractivity contribution in [2.45, 2.75) is 19.4 Å². The van der Waals surface area contributed by atoms with Gasteiger partial charge in [0.15, 0.2) is 23.3 Å². The maximum atomic E-state index is 13.8. The molecule has 0 amide bonds. The van der Waals surface area contributed by atoms with E-state index in [1.807, 2.05) is 0 Å². The first-order valence-electron chi connectivity index (χ1n) is 8.32. The predicted molar refractivity (Wildman–Crippen MR) is 94.9 cm³/mol. The fourth-order valence-corrected chi connectivity index (χ4v) is 2.40. The van der Waals surface area contributed by atoms with Crippen LogP contribution in [0.25, 0.3) is 0 Å². The summed E-state index contributed by atoms with van der Waals surface area (Å²) in [7, 11) is 1.44. The quantitative estimate of drug-likeness (QED) is 0.123. The van der Waals surface area contributed by atoms with Gasteiger partial charge in [0.25, 0.3) is 0 Å². The average molecular weight is 413 g/mol. The molecule has 0 N–H and O–H groups in total. The molecule has 2 rings (SSSR count). The van der Waals surface area contributed by atoms with Gasteiger partial charge in [-0.15, -0.1) is 0 Å². The Hall–Kier alpha value is -3.07. The third-order valence-electron chi connectivity index (χ3n) is 3.86. The third-order valence-corrected chi connectivity index (χ3v) is 3.86. The molecule has 0 saturated carbocycles. The molecule has 0 aliphatic heterocycles. The molecular weight excluding hydrogens is 397 g/mol. The van der Waals surface area contributed by atoms with Gasteiger partial charge in [0.2, 0.25) is 5.82 Å². The number of methoxy groups -OCH3 is 1. The van der Waals surface area contributed by atoms with Crippen LogP contribution in [0.15, 0.2) is 47.6 Å². The van der Waals surface area contributed by atoms with Gasteiger partial charge in [-0.1, -0.05) is 47.6 Å². The number of nitrogens with zero attached hydrogens (tertiary/aromatic N) is 1. The maximum absolute atomic E-state index is 13.8. The number of hydrogen-bond donors (Lipinski definition) is 0. The number of hydrogen-bond acceptors (Lipinski definition) is 4. The Morgan fingerprint density at radius 1 is 1.00 bits per heavy atom. The van der Waals surface area contributed by atoms with E-state index in [0.717, 1.165) is 0 Å². The number of benzene rings is 2. The molecular formula is C20H16F5NO3. The number of carbonyl (C=O) groups excluding carboxylic acids is 1. The van der Waals surface area contributed by atoms with Gasteiger partial charge < -0.3 is 9.57 Å². The number of allylic oxidation sites excluding steroid dienone is 1. The molecule has 29 heavy (non-hydrogen) atoms. The van der Waals surface area contributed by atoms with Crippen LogP contribution in [0.2, 0.25) is 0 Å². The first-order valence-corrected chi connectivity index (χ1v) is 8.32. The van der Waals surface area contributed by atoms with Crippen LogP contribution in [-0.2, 0) is 9.57 Å². The summed E-state index contributed by atoms with van der Waals surface area (Å²) in [6, 6.07) is 8.34. The third kappa shape index (κ3) is 5.05. The van der Waals surface area contributed by atoms with Crippen molar-refractivity contribution in [1.82, 2.24) is 0 Å².